The molecule has 1 N–H and O–H groups in total. The van der Waals surface area contributed by atoms with E-state index in [2.05, 4.69) is 48.0 Å². The quantitative estimate of drug-likeness (QED) is 0.802. The lowest BCUT2D eigenvalue weighted by molar-refractivity contribution is 0.165. The zero-order valence-corrected chi connectivity index (χ0v) is 16.2. The largest absolute Gasteiger partial charge is 0.497 e. The molecule has 0 radical (unpaired) electrons. The van der Waals surface area contributed by atoms with E-state index in [-0.39, 0.29) is 5.41 Å². The van der Waals surface area contributed by atoms with Gasteiger partial charge in [-0.3, -0.25) is 0 Å². The van der Waals surface area contributed by atoms with Crippen molar-refractivity contribution in [1.29, 1.82) is 0 Å². The first-order valence-electron chi connectivity index (χ1n) is 9.64. The second kappa shape index (κ2) is 7.13. The van der Waals surface area contributed by atoms with Crippen LogP contribution in [0.4, 0.5) is 0 Å². The summed E-state index contributed by atoms with van der Waals surface area (Å²) in [5, 5.41) is 6.16. The molecule has 3 atom stereocenters. The van der Waals surface area contributed by atoms with Crippen LogP contribution in [0, 0.1) is 5.92 Å². The van der Waals surface area contributed by atoms with Gasteiger partial charge in [-0.15, -0.1) is 11.3 Å². The molecule has 0 saturated heterocycles. The van der Waals surface area contributed by atoms with E-state index in [0.29, 0.717) is 6.04 Å². The molecule has 134 valence electrons. The van der Waals surface area contributed by atoms with Crippen LogP contribution in [0.5, 0.6) is 5.75 Å². The molecule has 0 unspecified atom stereocenters. The molecule has 1 aromatic carbocycles. The number of thiophene rings is 1. The standard InChI is InChI=1S/C22H29NOS/c1-22-11-5-3-4-7-17(21(22)23-15-19-8-6-12-25-19)13-16-9-10-18(24-2)14-20(16)22/h6,8-10,12,14,17,21,23H,3-5,7,11,13,15H2,1-2H3/t17-,21+,22-/m1/s1. The highest BCUT2D eigenvalue weighted by atomic mass is 32.1. The van der Waals surface area contributed by atoms with Gasteiger partial charge in [0.1, 0.15) is 5.75 Å². The highest BCUT2D eigenvalue weighted by Crippen LogP contribution is 2.47. The van der Waals surface area contributed by atoms with Crippen LogP contribution in [-0.4, -0.2) is 13.2 Å². The molecule has 2 bridgehead atoms. The summed E-state index contributed by atoms with van der Waals surface area (Å²) in [5.41, 5.74) is 3.27. The molecule has 2 aliphatic rings. The number of fused-ring (bicyclic) bond motifs is 4. The van der Waals surface area contributed by atoms with Gasteiger partial charge in [0.15, 0.2) is 0 Å². The lowest BCUT2D eigenvalue weighted by atomic mass is 9.59. The third-order valence-electron chi connectivity index (χ3n) is 6.42. The Morgan fingerprint density at radius 1 is 1.24 bits per heavy atom. The maximum Gasteiger partial charge on any atom is 0.119 e. The number of hydrogen-bond donors (Lipinski definition) is 1. The Bertz CT molecular complexity index is 711. The van der Waals surface area contributed by atoms with Crippen LogP contribution < -0.4 is 10.1 Å². The van der Waals surface area contributed by atoms with Gasteiger partial charge in [0, 0.05) is 22.9 Å². The molecule has 4 rings (SSSR count). The van der Waals surface area contributed by atoms with Gasteiger partial charge in [0.25, 0.3) is 0 Å². The third-order valence-corrected chi connectivity index (χ3v) is 7.30. The fraction of sp³-hybridized carbons (Fsp3) is 0.545. The molecule has 1 saturated carbocycles. The van der Waals surface area contributed by atoms with Crippen molar-refractivity contribution in [1.82, 2.24) is 5.32 Å². The van der Waals surface area contributed by atoms with E-state index in [4.69, 9.17) is 4.74 Å². The van der Waals surface area contributed by atoms with Gasteiger partial charge in [0.05, 0.1) is 7.11 Å². The maximum absolute atomic E-state index is 5.55. The van der Waals surface area contributed by atoms with Gasteiger partial charge >= 0.3 is 0 Å². The Kier molecular flexibility index (Phi) is 4.88. The van der Waals surface area contributed by atoms with Gasteiger partial charge < -0.3 is 10.1 Å². The van der Waals surface area contributed by atoms with E-state index in [1.165, 1.54) is 49.0 Å². The van der Waals surface area contributed by atoms with Gasteiger partial charge in [-0.05, 0) is 59.9 Å². The zero-order chi connectivity index (χ0) is 17.3. The summed E-state index contributed by atoms with van der Waals surface area (Å²) in [6.45, 7) is 3.49. The predicted molar refractivity (Wildman–Crippen MR) is 106 cm³/mol. The molecule has 0 amide bonds. The molecule has 1 aromatic heterocycles. The summed E-state index contributed by atoms with van der Waals surface area (Å²) in [6, 6.07) is 11.7. The number of methoxy groups -OCH3 is 1. The van der Waals surface area contributed by atoms with Gasteiger partial charge in [-0.1, -0.05) is 38.3 Å². The summed E-state index contributed by atoms with van der Waals surface area (Å²) in [7, 11) is 1.78. The Morgan fingerprint density at radius 2 is 2.16 bits per heavy atom. The average molecular weight is 356 g/mol. The third kappa shape index (κ3) is 3.24. The van der Waals surface area contributed by atoms with E-state index in [1.54, 1.807) is 12.7 Å². The summed E-state index contributed by atoms with van der Waals surface area (Å²) < 4.78 is 5.55. The number of benzene rings is 1. The minimum Gasteiger partial charge on any atom is -0.497 e. The van der Waals surface area contributed by atoms with E-state index in [1.807, 2.05) is 11.3 Å². The molecule has 1 fully saturated rings. The van der Waals surface area contributed by atoms with Crippen LogP contribution in [0.2, 0.25) is 0 Å². The number of ether oxygens (including phenoxy) is 1. The summed E-state index contributed by atoms with van der Waals surface area (Å²) >= 11 is 1.86. The summed E-state index contributed by atoms with van der Waals surface area (Å²) in [6.07, 6.45) is 7.91. The van der Waals surface area contributed by atoms with Crippen LogP contribution >= 0.6 is 11.3 Å². The highest BCUT2D eigenvalue weighted by molar-refractivity contribution is 7.09. The van der Waals surface area contributed by atoms with Crippen molar-refractivity contribution in [3.8, 4) is 5.75 Å². The van der Waals surface area contributed by atoms with E-state index >= 15 is 0 Å². The van der Waals surface area contributed by atoms with Gasteiger partial charge in [-0.25, -0.2) is 0 Å². The normalized spacial score (nSPS) is 28.7. The first kappa shape index (κ1) is 17.1. The van der Waals surface area contributed by atoms with Crippen molar-refractivity contribution in [3.05, 3.63) is 51.7 Å². The molecule has 1 heterocycles. The molecule has 2 aliphatic carbocycles. The van der Waals surface area contributed by atoms with Crippen molar-refractivity contribution < 1.29 is 4.74 Å². The highest BCUT2D eigenvalue weighted by Gasteiger charge is 2.45. The summed E-state index contributed by atoms with van der Waals surface area (Å²) in [4.78, 5) is 1.44. The van der Waals surface area contributed by atoms with Crippen molar-refractivity contribution >= 4 is 11.3 Å². The van der Waals surface area contributed by atoms with E-state index in [9.17, 15) is 0 Å². The minimum absolute atomic E-state index is 0.199. The molecular formula is C22H29NOS. The maximum atomic E-state index is 5.55. The minimum atomic E-state index is 0.199. The fourth-order valence-corrected chi connectivity index (χ4v) is 5.79. The van der Waals surface area contributed by atoms with E-state index in [0.717, 1.165) is 18.2 Å². The molecule has 0 aliphatic heterocycles. The van der Waals surface area contributed by atoms with Crippen molar-refractivity contribution in [2.75, 3.05) is 7.11 Å². The van der Waals surface area contributed by atoms with Crippen LogP contribution in [0.15, 0.2) is 35.7 Å². The lowest BCUT2D eigenvalue weighted by Gasteiger charge is -2.49. The van der Waals surface area contributed by atoms with Crippen LogP contribution in [0.25, 0.3) is 0 Å². The first-order chi connectivity index (χ1) is 12.2. The molecular weight excluding hydrogens is 326 g/mol. The smallest absolute Gasteiger partial charge is 0.119 e. The summed E-state index contributed by atoms with van der Waals surface area (Å²) in [5.74, 6) is 1.74. The Balaban J connectivity index is 1.70. The fourth-order valence-electron chi connectivity index (χ4n) is 5.13. The predicted octanol–water partition coefficient (Wildman–Crippen LogP) is 5.31. The number of hydrogen-bond acceptors (Lipinski definition) is 3. The van der Waals surface area contributed by atoms with Gasteiger partial charge in [0.2, 0.25) is 0 Å². The topological polar surface area (TPSA) is 21.3 Å². The molecule has 2 nitrogen and oxygen atoms in total. The molecule has 25 heavy (non-hydrogen) atoms. The van der Waals surface area contributed by atoms with Crippen LogP contribution in [-0.2, 0) is 18.4 Å². The lowest BCUT2D eigenvalue weighted by Crippen LogP contribution is -2.55. The monoisotopic (exact) mass is 355 g/mol. The molecule has 2 aromatic rings. The van der Waals surface area contributed by atoms with Crippen molar-refractivity contribution in [2.45, 2.75) is 63.5 Å². The van der Waals surface area contributed by atoms with Gasteiger partial charge in [-0.2, -0.15) is 0 Å². The van der Waals surface area contributed by atoms with Crippen molar-refractivity contribution in [3.63, 3.8) is 0 Å². The number of rotatable bonds is 4. The Labute approximate surface area is 155 Å². The van der Waals surface area contributed by atoms with Crippen LogP contribution in [0.1, 0.15) is 55.0 Å². The molecule has 3 heteroatoms. The van der Waals surface area contributed by atoms with E-state index < -0.39 is 0 Å². The Morgan fingerprint density at radius 3 is 2.96 bits per heavy atom. The zero-order valence-electron chi connectivity index (χ0n) is 15.4. The SMILES string of the molecule is COc1ccc2c(c1)[C@@]1(C)CCCCC[C@H](C2)[C@@H]1NCc1cccs1. The first-order valence-corrected chi connectivity index (χ1v) is 10.5. The second-order valence-corrected chi connectivity index (χ2v) is 8.97. The second-order valence-electron chi connectivity index (χ2n) is 7.94. The van der Waals surface area contributed by atoms with Crippen LogP contribution in [0.3, 0.4) is 0 Å². The number of nitrogens with one attached hydrogen (secondary N) is 1. The Hall–Kier alpha value is -1.32. The van der Waals surface area contributed by atoms with Crippen molar-refractivity contribution in [2.24, 2.45) is 5.92 Å². The average Bonchev–Trinajstić information content (AvgIpc) is 3.13. The molecule has 0 spiro atoms.